The maximum absolute atomic E-state index is 13.9. The Morgan fingerprint density at radius 1 is 0.960 bits per heavy atom. The number of carbonyl (C=O) groups is 1. The van der Waals surface area contributed by atoms with Crippen LogP contribution in [0.3, 0.4) is 0 Å². The smallest absolute Gasteiger partial charge is 0.262 e. The fourth-order valence-corrected chi connectivity index (χ4v) is 3.95. The maximum Gasteiger partial charge on any atom is 0.262 e. The molecule has 0 N–H and O–H groups in total. The van der Waals surface area contributed by atoms with Crippen LogP contribution in [0.25, 0.3) is 0 Å². The minimum Gasteiger partial charge on any atom is -0.366 e. The third-order valence-corrected chi connectivity index (χ3v) is 5.52. The Morgan fingerprint density at radius 3 is 2.20 bits per heavy atom. The van der Waals surface area contributed by atoms with Crippen molar-refractivity contribution >= 4 is 31.3 Å². The van der Waals surface area contributed by atoms with Gasteiger partial charge in [-0.15, -0.1) is 0 Å². The summed E-state index contributed by atoms with van der Waals surface area (Å²) in [5.41, 5.74) is 0.551. The number of halogens is 2. The number of hydrogen-bond acceptors (Lipinski definition) is 4. The highest BCUT2D eigenvalue weighted by molar-refractivity contribution is 8.13. The second-order valence-electron chi connectivity index (χ2n) is 5.66. The first-order chi connectivity index (χ1) is 11.9. The molecule has 3 rings (SSSR count). The van der Waals surface area contributed by atoms with Crippen LogP contribution >= 0.6 is 10.7 Å². The molecule has 1 amide bonds. The Labute approximate surface area is 150 Å². The average molecular weight is 383 g/mol. The lowest BCUT2D eigenvalue weighted by atomic mass is 10.1. The summed E-state index contributed by atoms with van der Waals surface area (Å²) in [5.74, 6) is -0.700. The van der Waals surface area contributed by atoms with E-state index in [1.54, 1.807) is 29.2 Å². The van der Waals surface area contributed by atoms with Crippen LogP contribution < -0.4 is 4.90 Å². The average Bonchev–Trinajstić information content (AvgIpc) is 2.61. The quantitative estimate of drug-likeness (QED) is 0.766. The molecular formula is C17H16ClFN2O3S. The van der Waals surface area contributed by atoms with Gasteiger partial charge in [0, 0.05) is 36.9 Å². The van der Waals surface area contributed by atoms with Gasteiger partial charge in [0.1, 0.15) is 5.82 Å². The highest BCUT2D eigenvalue weighted by Crippen LogP contribution is 2.24. The summed E-state index contributed by atoms with van der Waals surface area (Å²) in [6.07, 6.45) is 0. The molecule has 1 saturated heterocycles. The number of carbonyl (C=O) groups excluding carboxylic acids is 1. The third kappa shape index (κ3) is 3.77. The number of piperazine rings is 1. The minimum absolute atomic E-state index is 0.0526. The Kier molecular flexibility index (Phi) is 4.96. The van der Waals surface area contributed by atoms with Crippen molar-refractivity contribution < 1.29 is 17.6 Å². The second-order valence-corrected chi connectivity index (χ2v) is 8.20. The van der Waals surface area contributed by atoms with Crippen molar-refractivity contribution in [3.8, 4) is 0 Å². The van der Waals surface area contributed by atoms with Crippen molar-refractivity contribution in [3.63, 3.8) is 0 Å². The first-order valence-corrected chi connectivity index (χ1v) is 10.0. The van der Waals surface area contributed by atoms with Crippen LogP contribution in [-0.2, 0) is 9.05 Å². The van der Waals surface area contributed by atoms with Gasteiger partial charge >= 0.3 is 0 Å². The summed E-state index contributed by atoms with van der Waals surface area (Å²) in [6, 6.07) is 12.3. The maximum atomic E-state index is 13.9. The molecule has 0 radical (unpaired) electrons. The Hall–Kier alpha value is -2.12. The van der Waals surface area contributed by atoms with Crippen LogP contribution in [0.1, 0.15) is 10.4 Å². The van der Waals surface area contributed by atoms with Crippen LogP contribution in [0.5, 0.6) is 0 Å². The zero-order valence-corrected chi connectivity index (χ0v) is 14.8. The lowest BCUT2D eigenvalue weighted by Gasteiger charge is -2.36. The van der Waals surface area contributed by atoms with Gasteiger partial charge in [-0.05, 0) is 24.3 Å². The van der Waals surface area contributed by atoms with Crippen molar-refractivity contribution in [1.29, 1.82) is 0 Å². The molecule has 0 aliphatic carbocycles. The van der Waals surface area contributed by atoms with Crippen LogP contribution in [0.2, 0.25) is 0 Å². The first-order valence-electron chi connectivity index (χ1n) is 7.70. The Morgan fingerprint density at radius 2 is 1.56 bits per heavy atom. The number of anilines is 1. The summed E-state index contributed by atoms with van der Waals surface area (Å²) in [4.78, 5) is 15.9. The minimum atomic E-state index is -4.01. The molecule has 8 heteroatoms. The lowest BCUT2D eigenvalue weighted by molar-refractivity contribution is 0.0743. The second kappa shape index (κ2) is 7.01. The Bertz CT molecular complexity index is 896. The molecule has 1 aliphatic heterocycles. The fourth-order valence-electron chi connectivity index (χ4n) is 2.88. The molecule has 1 aliphatic rings. The Balaban J connectivity index is 1.76. The van der Waals surface area contributed by atoms with E-state index in [-0.39, 0.29) is 16.3 Å². The van der Waals surface area contributed by atoms with Crippen molar-refractivity contribution in [2.75, 3.05) is 31.1 Å². The molecule has 0 aromatic heterocycles. The first kappa shape index (κ1) is 17.7. The van der Waals surface area contributed by atoms with Gasteiger partial charge < -0.3 is 9.80 Å². The third-order valence-electron chi connectivity index (χ3n) is 4.14. The van der Waals surface area contributed by atoms with Gasteiger partial charge in [-0.2, -0.15) is 0 Å². The van der Waals surface area contributed by atoms with Gasteiger partial charge in [-0.25, -0.2) is 12.8 Å². The molecule has 25 heavy (non-hydrogen) atoms. The van der Waals surface area contributed by atoms with Crippen LogP contribution in [0, 0.1) is 5.82 Å². The van der Waals surface area contributed by atoms with Crippen LogP contribution in [0.15, 0.2) is 53.4 Å². The van der Waals surface area contributed by atoms with Crippen LogP contribution in [-0.4, -0.2) is 45.4 Å². The zero-order chi connectivity index (χ0) is 18.0. The largest absolute Gasteiger partial charge is 0.366 e. The predicted octanol–water partition coefficient (Wildman–Crippen LogP) is 2.72. The van der Waals surface area contributed by atoms with Gasteiger partial charge in [0.15, 0.2) is 0 Å². The fraction of sp³-hybridized carbons (Fsp3) is 0.235. The molecular weight excluding hydrogens is 367 g/mol. The lowest BCUT2D eigenvalue weighted by Crippen LogP contribution is -2.49. The van der Waals surface area contributed by atoms with Crippen molar-refractivity contribution in [3.05, 3.63) is 59.9 Å². The van der Waals surface area contributed by atoms with E-state index in [1.807, 2.05) is 4.90 Å². The van der Waals surface area contributed by atoms with Gasteiger partial charge in [0.2, 0.25) is 0 Å². The summed E-state index contributed by atoms with van der Waals surface area (Å²) in [7, 11) is 1.41. The number of benzene rings is 2. The molecule has 5 nitrogen and oxygen atoms in total. The SMILES string of the molecule is O=C(c1ccccc1S(=O)(=O)Cl)N1CCN(c2ccccc2F)CC1. The number of para-hydroxylation sites is 1. The molecule has 1 heterocycles. The van der Waals surface area contributed by atoms with E-state index in [4.69, 9.17) is 10.7 Å². The summed E-state index contributed by atoms with van der Waals surface area (Å²) in [5, 5.41) is 0. The summed E-state index contributed by atoms with van der Waals surface area (Å²) >= 11 is 0. The van der Waals surface area contributed by atoms with E-state index in [0.717, 1.165) is 0 Å². The van der Waals surface area contributed by atoms with E-state index in [1.165, 1.54) is 24.3 Å². The highest BCUT2D eigenvalue weighted by atomic mass is 35.7. The van der Waals surface area contributed by atoms with E-state index in [2.05, 4.69) is 0 Å². The van der Waals surface area contributed by atoms with E-state index < -0.39 is 15.0 Å². The molecule has 0 unspecified atom stereocenters. The molecule has 0 saturated carbocycles. The topological polar surface area (TPSA) is 57.7 Å². The van der Waals surface area contributed by atoms with Gasteiger partial charge in [-0.3, -0.25) is 4.79 Å². The summed E-state index contributed by atoms with van der Waals surface area (Å²) in [6.45, 7) is 1.65. The summed E-state index contributed by atoms with van der Waals surface area (Å²) < 4.78 is 37.2. The molecule has 2 aromatic carbocycles. The molecule has 1 fully saturated rings. The predicted molar refractivity (Wildman–Crippen MR) is 94.0 cm³/mol. The zero-order valence-electron chi connectivity index (χ0n) is 13.2. The van der Waals surface area contributed by atoms with E-state index in [0.29, 0.717) is 31.9 Å². The monoisotopic (exact) mass is 382 g/mol. The van der Waals surface area contributed by atoms with Gasteiger partial charge in [0.25, 0.3) is 15.0 Å². The van der Waals surface area contributed by atoms with E-state index in [9.17, 15) is 17.6 Å². The molecule has 0 spiro atoms. The van der Waals surface area contributed by atoms with Gasteiger partial charge in [-0.1, -0.05) is 24.3 Å². The number of rotatable bonds is 3. The normalized spacial score (nSPS) is 15.3. The molecule has 0 atom stereocenters. The molecule has 132 valence electrons. The standard InChI is InChI=1S/C17H16ClFN2O3S/c18-25(23,24)16-8-4-1-5-13(16)17(22)21-11-9-20(10-12-21)15-7-3-2-6-14(15)19/h1-8H,9-12H2. The number of hydrogen-bond donors (Lipinski definition) is 0. The molecule has 0 bridgehead atoms. The number of amides is 1. The van der Waals surface area contributed by atoms with Crippen molar-refractivity contribution in [2.24, 2.45) is 0 Å². The van der Waals surface area contributed by atoms with Gasteiger partial charge in [0.05, 0.1) is 16.1 Å². The van der Waals surface area contributed by atoms with Crippen molar-refractivity contribution in [1.82, 2.24) is 4.90 Å². The van der Waals surface area contributed by atoms with Crippen molar-refractivity contribution in [2.45, 2.75) is 4.90 Å². The van der Waals surface area contributed by atoms with E-state index >= 15 is 0 Å². The molecule has 2 aromatic rings. The number of nitrogens with zero attached hydrogens (tertiary/aromatic N) is 2. The highest BCUT2D eigenvalue weighted by Gasteiger charge is 2.27. The van der Waals surface area contributed by atoms with Crippen LogP contribution in [0.4, 0.5) is 10.1 Å².